The number of para-hydroxylation sites is 1. The lowest BCUT2D eigenvalue weighted by Gasteiger charge is -2.12. The van der Waals surface area contributed by atoms with Gasteiger partial charge in [0.15, 0.2) is 6.61 Å². The standard InChI is InChI=1S/C24H26N2O6S/c1-5-31-19-12-10-18(11-13-19)26-16(2)14-21(17(26)3)23(27)15-32-24(28)20-8-6-7-9-22(20)25-33(4,29)30/h6-14,25H,5,15H2,1-4H3. The Morgan fingerprint density at radius 3 is 2.30 bits per heavy atom. The second-order valence-corrected chi connectivity index (χ2v) is 9.21. The zero-order valence-corrected chi connectivity index (χ0v) is 19.7. The van der Waals surface area contributed by atoms with Crippen molar-refractivity contribution in [2.75, 3.05) is 24.2 Å². The molecule has 0 aliphatic carbocycles. The number of hydrogen-bond acceptors (Lipinski definition) is 6. The third-order valence-corrected chi connectivity index (χ3v) is 5.50. The Kier molecular flexibility index (Phi) is 7.23. The number of rotatable bonds is 9. The third-order valence-electron chi connectivity index (χ3n) is 4.91. The van der Waals surface area contributed by atoms with E-state index in [-0.39, 0.29) is 17.0 Å². The molecule has 174 valence electrons. The van der Waals surface area contributed by atoms with Crippen molar-refractivity contribution in [3.8, 4) is 11.4 Å². The molecule has 1 heterocycles. The van der Waals surface area contributed by atoms with Gasteiger partial charge in [-0.15, -0.1) is 0 Å². The minimum atomic E-state index is -3.58. The van der Waals surface area contributed by atoms with Crippen molar-refractivity contribution in [2.24, 2.45) is 0 Å². The van der Waals surface area contributed by atoms with Crippen molar-refractivity contribution in [3.05, 3.63) is 77.1 Å². The van der Waals surface area contributed by atoms with Gasteiger partial charge in [0.25, 0.3) is 0 Å². The van der Waals surface area contributed by atoms with E-state index in [4.69, 9.17) is 9.47 Å². The molecule has 3 rings (SSSR count). The molecule has 0 aliphatic rings. The quantitative estimate of drug-likeness (QED) is 0.376. The molecule has 8 nitrogen and oxygen atoms in total. The Balaban J connectivity index is 1.76. The first kappa shape index (κ1) is 24.1. The molecular formula is C24H26N2O6S. The Bertz CT molecular complexity index is 1280. The zero-order valence-electron chi connectivity index (χ0n) is 18.9. The number of carbonyl (C=O) groups is 2. The molecule has 0 amide bonds. The third kappa shape index (κ3) is 5.81. The first-order chi connectivity index (χ1) is 15.6. The molecule has 0 fully saturated rings. The number of nitrogens with one attached hydrogen (secondary N) is 1. The number of hydrogen-bond donors (Lipinski definition) is 1. The summed E-state index contributed by atoms with van der Waals surface area (Å²) in [4.78, 5) is 25.4. The summed E-state index contributed by atoms with van der Waals surface area (Å²) in [7, 11) is -3.58. The number of Topliss-reactive ketones (excluding diaryl/α,β-unsaturated/α-hetero) is 1. The molecule has 2 aromatic carbocycles. The summed E-state index contributed by atoms with van der Waals surface area (Å²) in [5.74, 6) is -0.393. The fraction of sp³-hybridized carbons (Fsp3) is 0.250. The van der Waals surface area contributed by atoms with Gasteiger partial charge in [-0.1, -0.05) is 12.1 Å². The summed E-state index contributed by atoms with van der Waals surface area (Å²) in [6.45, 7) is 5.73. The lowest BCUT2D eigenvalue weighted by Crippen LogP contribution is -2.18. The second-order valence-electron chi connectivity index (χ2n) is 7.47. The molecule has 9 heteroatoms. The van der Waals surface area contributed by atoms with Gasteiger partial charge in [-0.3, -0.25) is 9.52 Å². The number of ether oxygens (including phenoxy) is 2. The molecule has 3 aromatic rings. The van der Waals surface area contributed by atoms with E-state index >= 15 is 0 Å². The number of aromatic nitrogens is 1. The zero-order chi connectivity index (χ0) is 24.2. The first-order valence-electron chi connectivity index (χ1n) is 10.3. The average molecular weight is 471 g/mol. The molecule has 0 bridgehead atoms. The highest BCUT2D eigenvalue weighted by atomic mass is 32.2. The first-order valence-corrected chi connectivity index (χ1v) is 12.2. The molecule has 33 heavy (non-hydrogen) atoms. The molecule has 0 spiro atoms. The maximum Gasteiger partial charge on any atom is 0.340 e. The van der Waals surface area contributed by atoms with Gasteiger partial charge in [0, 0.05) is 22.6 Å². The van der Waals surface area contributed by atoms with E-state index in [1.807, 2.05) is 49.6 Å². The van der Waals surface area contributed by atoms with Gasteiger partial charge in [-0.25, -0.2) is 13.2 Å². The maximum atomic E-state index is 12.8. The fourth-order valence-electron chi connectivity index (χ4n) is 3.54. The van der Waals surface area contributed by atoms with E-state index in [1.165, 1.54) is 12.1 Å². The highest BCUT2D eigenvalue weighted by Gasteiger charge is 2.20. The SMILES string of the molecule is CCOc1ccc(-n2c(C)cc(C(=O)COC(=O)c3ccccc3NS(C)(=O)=O)c2C)cc1. The summed E-state index contributed by atoms with van der Waals surface area (Å²) in [5.41, 5.74) is 3.01. The Labute approximate surface area is 193 Å². The predicted octanol–water partition coefficient (Wildman–Crippen LogP) is 3.90. The van der Waals surface area contributed by atoms with Crippen molar-refractivity contribution in [1.29, 1.82) is 0 Å². The van der Waals surface area contributed by atoms with E-state index in [0.29, 0.717) is 12.2 Å². The molecule has 0 atom stereocenters. The minimum absolute atomic E-state index is 0.0237. The van der Waals surface area contributed by atoms with Crippen LogP contribution in [0.25, 0.3) is 5.69 Å². The fourth-order valence-corrected chi connectivity index (χ4v) is 4.11. The van der Waals surface area contributed by atoms with Gasteiger partial charge in [0.1, 0.15) is 5.75 Å². The largest absolute Gasteiger partial charge is 0.494 e. The Morgan fingerprint density at radius 2 is 1.67 bits per heavy atom. The van der Waals surface area contributed by atoms with Gasteiger partial charge in [-0.2, -0.15) is 0 Å². The van der Waals surface area contributed by atoms with Crippen LogP contribution >= 0.6 is 0 Å². The van der Waals surface area contributed by atoms with Crippen LogP contribution in [0.3, 0.4) is 0 Å². The summed E-state index contributed by atoms with van der Waals surface area (Å²) in [6.07, 6.45) is 0.985. The topological polar surface area (TPSA) is 104 Å². The second kappa shape index (κ2) is 9.91. The van der Waals surface area contributed by atoms with Crippen LogP contribution in [0, 0.1) is 13.8 Å². The van der Waals surface area contributed by atoms with E-state index in [0.717, 1.165) is 29.1 Å². The highest BCUT2D eigenvalue weighted by molar-refractivity contribution is 7.92. The summed E-state index contributed by atoms with van der Waals surface area (Å²) in [5, 5.41) is 0. The Morgan fingerprint density at radius 1 is 1.00 bits per heavy atom. The van der Waals surface area contributed by atoms with Crippen LogP contribution in [0.1, 0.15) is 39.0 Å². The molecule has 1 N–H and O–H groups in total. The van der Waals surface area contributed by atoms with Gasteiger partial charge < -0.3 is 14.0 Å². The Hall–Kier alpha value is -3.59. The number of ketones is 1. The molecule has 0 aliphatic heterocycles. The number of carbonyl (C=O) groups excluding carboxylic acids is 2. The highest BCUT2D eigenvalue weighted by Crippen LogP contribution is 2.24. The van der Waals surface area contributed by atoms with E-state index < -0.39 is 22.6 Å². The van der Waals surface area contributed by atoms with Crippen LogP contribution in [-0.4, -0.2) is 44.2 Å². The summed E-state index contributed by atoms with van der Waals surface area (Å²) < 4.78 is 38.0. The predicted molar refractivity (Wildman–Crippen MR) is 126 cm³/mol. The van der Waals surface area contributed by atoms with Gasteiger partial charge in [-0.05, 0) is 63.2 Å². The normalized spacial score (nSPS) is 11.2. The number of aryl methyl sites for hydroxylation is 1. The van der Waals surface area contributed by atoms with Crippen molar-refractivity contribution < 1.29 is 27.5 Å². The molecule has 0 saturated heterocycles. The van der Waals surface area contributed by atoms with Crippen LogP contribution in [0.15, 0.2) is 54.6 Å². The van der Waals surface area contributed by atoms with Gasteiger partial charge in [0.2, 0.25) is 15.8 Å². The molecule has 0 unspecified atom stereocenters. The minimum Gasteiger partial charge on any atom is -0.494 e. The van der Waals surface area contributed by atoms with Gasteiger partial charge >= 0.3 is 5.97 Å². The number of esters is 1. The maximum absolute atomic E-state index is 12.8. The van der Waals surface area contributed by atoms with E-state index in [1.54, 1.807) is 18.2 Å². The van der Waals surface area contributed by atoms with Crippen LogP contribution in [-0.2, 0) is 14.8 Å². The van der Waals surface area contributed by atoms with Gasteiger partial charge in [0.05, 0.1) is 24.1 Å². The molecule has 0 saturated carbocycles. The van der Waals surface area contributed by atoms with Crippen molar-refractivity contribution in [2.45, 2.75) is 20.8 Å². The summed E-state index contributed by atoms with van der Waals surface area (Å²) in [6, 6.07) is 15.3. The van der Waals surface area contributed by atoms with Crippen molar-refractivity contribution in [3.63, 3.8) is 0 Å². The molecular weight excluding hydrogens is 444 g/mol. The van der Waals surface area contributed by atoms with E-state index in [9.17, 15) is 18.0 Å². The number of anilines is 1. The lowest BCUT2D eigenvalue weighted by atomic mass is 10.1. The number of benzene rings is 2. The van der Waals surface area contributed by atoms with Crippen LogP contribution < -0.4 is 9.46 Å². The van der Waals surface area contributed by atoms with Crippen molar-refractivity contribution in [1.82, 2.24) is 4.57 Å². The lowest BCUT2D eigenvalue weighted by molar-refractivity contribution is 0.0475. The number of sulfonamides is 1. The average Bonchev–Trinajstić information content (AvgIpc) is 3.06. The molecule has 0 radical (unpaired) electrons. The summed E-state index contributed by atoms with van der Waals surface area (Å²) >= 11 is 0. The van der Waals surface area contributed by atoms with Crippen molar-refractivity contribution >= 4 is 27.5 Å². The van der Waals surface area contributed by atoms with Crippen LogP contribution in [0.4, 0.5) is 5.69 Å². The smallest absolute Gasteiger partial charge is 0.340 e. The number of nitrogens with zero attached hydrogens (tertiary/aromatic N) is 1. The monoisotopic (exact) mass is 470 g/mol. The van der Waals surface area contributed by atoms with Crippen LogP contribution in [0.5, 0.6) is 5.75 Å². The molecule has 1 aromatic heterocycles. The van der Waals surface area contributed by atoms with Crippen LogP contribution in [0.2, 0.25) is 0 Å². The van der Waals surface area contributed by atoms with E-state index in [2.05, 4.69) is 4.72 Å².